The van der Waals surface area contributed by atoms with E-state index in [4.69, 9.17) is 10.00 Å². The number of rotatable bonds is 4. The summed E-state index contributed by atoms with van der Waals surface area (Å²) in [6.07, 6.45) is 0. The number of anilines is 2. The average molecular weight is 357 g/mol. The molecule has 0 unspecified atom stereocenters. The van der Waals surface area contributed by atoms with Crippen LogP contribution in [0.5, 0.6) is 0 Å². The molecule has 0 aromatic heterocycles. The van der Waals surface area contributed by atoms with Crippen LogP contribution in [0.25, 0.3) is 0 Å². The predicted molar refractivity (Wildman–Crippen MR) is 91.6 cm³/mol. The Morgan fingerprint density at radius 3 is 2.60 bits per heavy atom. The molecule has 25 heavy (non-hydrogen) atoms. The summed E-state index contributed by atoms with van der Waals surface area (Å²) in [7, 11) is -3.79. The van der Waals surface area contributed by atoms with Gasteiger partial charge in [0.25, 0.3) is 15.9 Å². The van der Waals surface area contributed by atoms with Gasteiger partial charge in [-0.05, 0) is 42.5 Å². The summed E-state index contributed by atoms with van der Waals surface area (Å²) in [5.41, 5.74) is 1.30. The normalized spacial score (nSPS) is 14.8. The number of benzene rings is 2. The third-order valence-electron chi connectivity index (χ3n) is 3.69. The van der Waals surface area contributed by atoms with Crippen molar-refractivity contribution in [1.29, 1.82) is 5.26 Å². The summed E-state index contributed by atoms with van der Waals surface area (Å²) < 4.78 is 32.4. The topological polar surface area (TPSA) is 99.5 Å². The maximum Gasteiger partial charge on any atom is 0.261 e. The van der Waals surface area contributed by atoms with Crippen LogP contribution in [0.4, 0.5) is 11.4 Å². The number of hydrogen-bond acceptors (Lipinski definition) is 5. The maximum absolute atomic E-state index is 12.5. The van der Waals surface area contributed by atoms with Crippen LogP contribution >= 0.6 is 0 Å². The number of nitrogens with one attached hydrogen (secondary N) is 1. The standard InChI is InChI=1S/C17H15N3O4S/c18-11-13-2-1-3-14(10-13)19-25(22,23)16-6-4-15(5-7-16)20-8-9-24-12-17(20)21/h1-7,10,19H,8-9,12H2. The third-order valence-corrected chi connectivity index (χ3v) is 5.09. The molecule has 1 aliphatic rings. The van der Waals surface area contributed by atoms with Gasteiger partial charge in [0.05, 0.1) is 28.8 Å². The fourth-order valence-electron chi connectivity index (χ4n) is 2.46. The lowest BCUT2D eigenvalue weighted by atomic mass is 10.2. The van der Waals surface area contributed by atoms with Crippen molar-refractivity contribution in [2.75, 3.05) is 29.4 Å². The van der Waals surface area contributed by atoms with Crippen LogP contribution in [0.2, 0.25) is 0 Å². The Labute approximate surface area is 145 Å². The molecule has 7 nitrogen and oxygen atoms in total. The minimum atomic E-state index is -3.79. The number of nitrogens with zero attached hydrogens (tertiary/aromatic N) is 2. The fourth-order valence-corrected chi connectivity index (χ4v) is 3.51. The molecule has 2 aromatic rings. The van der Waals surface area contributed by atoms with Crippen molar-refractivity contribution in [2.24, 2.45) is 0 Å². The number of hydrogen-bond donors (Lipinski definition) is 1. The van der Waals surface area contributed by atoms with Gasteiger partial charge in [-0.25, -0.2) is 8.42 Å². The second-order valence-electron chi connectivity index (χ2n) is 5.39. The summed E-state index contributed by atoms with van der Waals surface area (Å²) in [6.45, 7) is 0.906. The number of nitriles is 1. The molecule has 1 N–H and O–H groups in total. The first-order chi connectivity index (χ1) is 12.0. The maximum atomic E-state index is 12.5. The molecule has 0 spiro atoms. The van der Waals surface area contributed by atoms with Gasteiger partial charge in [0, 0.05) is 12.2 Å². The van der Waals surface area contributed by atoms with Crippen molar-refractivity contribution in [3.05, 3.63) is 54.1 Å². The van der Waals surface area contributed by atoms with E-state index in [-0.39, 0.29) is 17.4 Å². The van der Waals surface area contributed by atoms with E-state index in [0.717, 1.165) is 0 Å². The molecule has 1 heterocycles. The summed E-state index contributed by atoms with van der Waals surface area (Å²) in [5.74, 6) is -0.159. The second kappa shape index (κ2) is 6.93. The Morgan fingerprint density at radius 1 is 1.16 bits per heavy atom. The van der Waals surface area contributed by atoms with E-state index in [0.29, 0.717) is 30.1 Å². The van der Waals surface area contributed by atoms with Gasteiger partial charge in [0.2, 0.25) is 0 Å². The summed E-state index contributed by atoms with van der Waals surface area (Å²) in [4.78, 5) is 13.5. The molecule has 0 bridgehead atoms. The minimum absolute atomic E-state index is 0.0246. The van der Waals surface area contributed by atoms with Crippen molar-refractivity contribution in [1.82, 2.24) is 0 Å². The Hall–Kier alpha value is -2.89. The number of carbonyl (C=O) groups excluding carboxylic acids is 1. The van der Waals surface area contributed by atoms with Gasteiger partial charge in [-0.2, -0.15) is 5.26 Å². The highest BCUT2D eigenvalue weighted by atomic mass is 32.2. The first kappa shape index (κ1) is 17.0. The van der Waals surface area contributed by atoms with Crippen molar-refractivity contribution < 1.29 is 17.9 Å². The van der Waals surface area contributed by atoms with E-state index in [1.165, 1.54) is 18.2 Å². The summed E-state index contributed by atoms with van der Waals surface area (Å²) >= 11 is 0. The predicted octanol–water partition coefficient (Wildman–Crippen LogP) is 1.72. The molecule has 128 valence electrons. The zero-order valence-electron chi connectivity index (χ0n) is 13.2. The van der Waals surface area contributed by atoms with Gasteiger partial charge in [0.1, 0.15) is 6.61 Å². The van der Waals surface area contributed by atoms with Gasteiger partial charge in [-0.1, -0.05) is 6.07 Å². The fraction of sp³-hybridized carbons (Fsp3) is 0.176. The SMILES string of the molecule is N#Cc1cccc(NS(=O)(=O)c2ccc(N3CCOCC3=O)cc2)c1. The van der Waals surface area contributed by atoms with Crippen LogP contribution < -0.4 is 9.62 Å². The highest BCUT2D eigenvalue weighted by Crippen LogP contribution is 2.22. The molecule has 0 radical (unpaired) electrons. The highest BCUT2D eigenvalue weighted by molar-refractivity contribution is 7.92. The van der Waals surface area contributed by atoms with Crippen LogP contribution in [0.15, 0.2) is 53.4 Å². The number of sulfonamides is 1. The van der Waals surface area contributed by atoms with Crippen LogP contribution in [0.1, 0.15) is 5.56 Å². The quantitative estimate of drug-likeness (QED) is 0.898. The molecular formula is C17H15N3O4S. The molecule has 1 saturated heterocycles. The van der Waals surface area contributed by atoms with Crippen molar-refractivity contribution >= 4 is 27.3 Å². The highest BCUT2D eigenvalue weighted by Gasteiger charge is 2.21. The summed E-state index contributed by atoms with van der Waals surface area (Å²) in [6, 6.07) is 14.2. The largest absolute Gasteiger partial charge is 0.370 e. The minimum Gasteiger partial charge on any atom is -0.370 e. The molecule has 0 saturated carbocycles. The zero-order valence-corrected chi connectivity index (χ0v) is 14.0. The van der Waals surface area contributed by atoms with Gasteiger partial charge >= 0.3 is 0 Å². The molecule has 1 aliphatic heterocycles. The van der Waals surface area contributed by atoms with Crippen molar-refractivity contribution in [3.63, 3.8) is 0 Å². The van der Waals surface area contributed by atoms with Gasteiger partial charge in [-0.3, -0.25) is 9.52 Å². The summed E-state index contributed by atoms with van der Waals surface area (Å²) in [5, 5.41) is 8.88. The van der Waals surface area contributed by atoms with Crippen molar-refractivity contribution in [3.8, 4) is 6.07 Å². The first-order valence-corrected chi connectivity index (χ1v) is 8.99. The molecule has 8 heteroatoms. The van der Waals surface area contributed by atoms with E-state index in [2.05, 4.69) is 4.72 Å². The Bertz CT molecular complexity index is 933. The number of amides is 1. The van der Waals surface area contributed by atoms with Crippen LogP contribution in [-0.2, 0) is 19.6 Å². The van der Waals surface area contributed by atoms with Crippen LogP contribution in [0.3, 0.4) is 0 Å². The van der Waals surface area contributed by atoms with Crippen LogP contribution in [-0.4, -0.2) is 34.1 Å². The molecule has 2 aromatic carbocycles. The van der Waals surface area contributed by atoms with E-state index in [9.17, 15) is 13.2 Å². The lowest BCUT2D eigenvalue weighted by molar-refractivity contribution is -0.125. The number of morpholine rings is 1. The van der Waals surface area contributed by atoms with Gasteiger partial charge in [-0.15, -0.1) is 0 Å². The zero-order chi connectivity index (χ0) is 17.9. The molecule has 0 atom stereocenters. The third kappa shape index (κ3) is 3.79. The number of ether oxygens (including phenoxy) is 1. The number of carbonyl (C=O) groups is 1. The molecule has 0 aliphatic carbocycles. The van der Waals surface area contributed by atoms with E-state index < -0.39 is 10.0 Å². The van der Waals surface area contributed by atoms with Gasteiger partial charge in [0.15, 0.2) is 0 Å². The molecule has 1 amide bonds. The second-order valence-corrected chi connectivity index (χ2v) is 7.07. The Kier molecular flexibility index (Phi) is 4.70. The van der Waals surface area contributed by atoms with E-state index >= 15 is 0 Å². The smallest absolute Gasteiger partial charge is 0.261 e. The molecule has 1 fully saturated rings. The lowest BCUT2D eigenvalue weighted by Crippen LogP contribution is -2.41. The Balaban J connectivity index is 1.80. The monoisotopic (exact) mass is 357 g/mol. The van der Waals surface area contributed by atoms with E-state index in [1.54, 1.807) is 35.2 Å². The van der Waals surface area contributed by atoms with Crippen molar-refractivity contribution in [2.45, 2.75) is 4.90 Å². The molecular weight excluding hydrogens is 342 g/mol. The Morgan fingerprint density at radius 2 is 1.92 bits per heavy atom. The van der Waals surface area contributed by atoms with Crippen LogP contribution in [0, 0.1) is 11.3 Å². The molecule has 3 rings (SSSR count). The van der Waals surface area contributed by atoms with E-state index in [1.807, 2.05) is 6.07 Å². The average Bonchev–Trinajstić information content (AvgIpc) is 2.62. The van der Waals surface area contributed by atoms with Gasteiger partial charge < -0.3 is 9.64 Å². The lowest BCUT2D eigenvalue weighted by Gasteiger charge is -2.26. The first-order valence-electron chi connectivity index (χ1n) is 7.51.